The molecule has 0 saturated carbocycles. The van der Waals surface area contributed by atoms with Gasteiger partial charge in [0.25, 0.3) is 0 Å². The first-order valence-electron chi connectivity index (χ1n) is 5.74. The standard InChI is InChI=1S/C14H9Cl2NO3S/c1-9-2-4-11(15)7-14(9)21(18,19)20-13-5-3-10(8-17)6-12(13)16/h2-7H,1H3. The lowest BCUT2D eigenvalue weighted by Crippen LogP contribution is -2.11. The van der Waals surface area contributed by atoms with E-state index in [4.69, 9.17) is 32.6 Å². The Balaban J connectivity index is 2.43. The lowest BCUT2D eigenvalue weighted by atomic mass is 10.2. The quantitative estimate of drug-likeness (QED) is 0.793. The van der Waals surface area contributed by atoms with Gasteiger partial charge in [0.05, 0.1) is 16.7 Å². The second kappa shape index (κ2) is 5.94. The molecule has 0 aromatic heterocycles. The predicted octanol–water partition coefficient (Wildman–Crippen LogP) is 3.94. The SMILES string of the molecule is Cc1ccc(Cl)cc1S(=O)(=O)Oc1ccc(C#N)cc1Cl. The molecule has 0 fully saturated rings. The first-order valence-corrected chi connectivity index (χ1v) is 7.90. The smallest absolute Gasteiger partial charge is 0.339 e. The van der Waals surface area contributed by atoms with Crippen LogP contribution in [0.3, 0.4) is 0 Å². The molecular formula is C14H9Cl2NO3S. The van der Waals surface area contributed by atoms with Gasteiger partial charge in [0.2, 0.25) is 0 Å². The summed E-state index contributed by atoms with van der Waals surface area (Å²) >= 11 is 11.7. The molecule has 2 rings (SSSR count). The van der Waals surface area contributed by atoms with Crippen LogP contribution in [0.5, 0.6) is 5.75 Å². The van der Waals surface area contributed by atoms with E-state index in [0.29, 0.717) is 11.1 Å². The van der Waals surface area contributed by atoms with Crippen molar-refractivity contribution in [3.05, 3.63) is 57.6 Å². The Kier molecular flexibility index (Phi) is 4.43. The molecule has 0 N–H and O–H groups in total. The highest BCUT2D eigenvalue weighted by molar-refractivity contribution is 7.87. The molecule has 0 aliphatic carbocycles. The second-order valence-corrected chi connectivity index (χ2v) is 6.56. The first kappa shape index (κ1) is 15.6. The molecular weight excluding hydrogens is 333 g/mol. The molecule has 0 aliphatic rings. The van der Waals surface area contributed by atoms with Crippen LogP contribution in [0.2, 0.25) is 10.0 Å². The Morgan fingerprint density at radius 2 is 1.86 bits per heavy atom. The molecule has 0 aliphatic heterocycles. The molecule has 0 spiro atoms. The van der Waals surface area contributed by atoms with Crippen molar-refractivity contribution in [2.24, 2.45) is 0 Å². The highest BCUT2D eigenvalue weighted by atomic mass is 35.5. The lowest BCUT2D eigenvalue weighted by molar-refractivity contribution is 0.485. The molecule has 0 saturated heterocycles. The summed E-state index contributed by atoms with van der Waals surface area (Å²) < 4.78 is 29.6. The summed E-state index contributed by atoms with van der Waals surface area (Å²) in [6.07, 6.45) is 0. The van der Waals surface area contributed by atoms with E-state index >= 15 is 0 Å². The maximum Gasteiger partial charge on any atom is 0.339 e. The van der Waals surface area contributed by atoms with E-state index in [-0.39, 0.29) is 20.7 Å². The van der Waals surface area contributed by atoms with Crippen molar-refractivity contribution < 1.29 is 12.6 Å². The number of benzene rings is 2. The Labute approximate surface area is 132 Å². The number of nitrogens with zero attached hydrogens (tertiary/aromatic N) is 1. The van der Waals surface area contributed by atoms with E-state index in [1.807, 2.05) is 6.07 Å². The van der Waals surface area contributed by atoms with Crippen molar-refractivity contribution in [3.8, 4) is 11.8 Å². The maximum atomic E-state index is 12.3. The van der Waals surface area contributed by atoms with Gasteiger partial charge in [-0.1, -0.05) is 29.3 Å². The molecule has 21 heavy (non-hydrogen) atoms. The van der Waals surface area contributed by atoms with Gasteiger partial charge in [-0.3, -0.25) is 0 Å². The summed E-state index contributed by atoms with van der Waals surface area (Å²) in [6.45, 7) is 1.63. The van der Waals surface area contributed by atoms with Crippen LogP contribution in [0, 0.1) is 18.3 Å². The van der Waals surface area contributed by atoms with Crippen LogP contribution in [-0.4, -0.2) is 8.42 Å². The van der Waals surface area contributed by atoms with Gasteiger partial charge in [-0.2, -0.15) is 13.7 Å². The van der Waals surface area contributed by atoms with Gasteiger partial charge in [0.1, 0.15) is 4.90 Å². The van der Waals surface area contributed by atoms with Crippen molar-refractivity contribution >= 4 is 33.3 Å². The molecule has 0 unspecified atom stereocenters. The molecule has 7 heteroatoms. The number of aryl methyl sites for hydroxylation is 1. The van der Waals surface area contributed by atoms with E-state index in [1.165, 1.54) is 24.3 Å². The van der Waals surface area contributed by atoms with Crippen LogP contribution in [0.4, 0.5) is 0 Å². The average molecular weight is 342 g/mol. The van der Waals surface area contributed by atoms with E-state index in [0.717, 1.165) is 0 Å². The van der Waals surface area contributed by atoms with Crippen molar-refractivity contribution in [1.82, 2.24) is 0 Å². The normalized spacial score (nSPS) is 11.0. The minimum absolute atomic E-state index is 0.0320. The third-order valence-corrected chi connectivity index (χ3v) is 4.59. The van der Waals surface area contributed by atoms with Crippen LogP contribution in [-0.2, 0) is 10.1 Å². The zero-order valence-electron chi connectivity index (χ0n) is 10.8. The van der Waals surface area contributed by atoms with E-state index in [2.05, 4.69) is 0 Å². The fraction of sp³-hybridized carbons (Fsp3) is 0.0714. The summed E-state index contributed by atoms with van der Waals surface area (Å²) in [4.78, 5) is -0.0320. The molecule has 0 atom stereocenters. The molecule has 2 aromatic rings. The minimum atomic E-state index is -4.06. The third kappa shape index (κ3) is 3.48. The van der Waals surface area contributed by atoms with E-state index in [1.54, 1.807) is 19.1 Å². The Hall–Kier alpha value is -1.74. The monoisotopic (exact) mass is 341 g/mol. The molecule has 2 aromatic carbocycles. The van der Waals surface area contributed by atoms with Crippen LogP contribution in [0.15, 0.2) is 41.3 Å². The zero-order chi connectivity index (χ0) is 15.6. The van der Waals surface area contributed by atoms with Crippen LogP contribution in [0.25, 0.3) is 0 Å². The fourth-order valence-electron chi connectivity index (χ4n) is 1.64. The molecule has 0 amide bonds. The number of nitriles is 1. The predicted molar refractivity (Wildman–Crippen MR) is 80.2 cm³/mol. The summed E-state index contributed by atoms with van der Waals surface area (Å²) in [5.74, 6) is -0.0463. The topological polar surface area (TPSA) is 67.2 Å². The highest BCUT2D eigenvalue weighted by Gasteiger charge is 2.21. The average Bonchev–Trinajstić information content (AvgIpc) is 2.43. The fourth-order valence-corrected chi connectivity index (χ4v) is 3.35. The molecule has 0 heterocycles. The Morgan fingerprint density at radius 1 is 1.14 bits per heavy atom. The van der Waals surface area contributed by atoms with Gasteiger partial charge < -0.3 is 4.18 Å². The lowest BCUT2D eigenvalue weighted by Gasteiger charge is -2.10. The van der Waals surface area contributed by atoms with Crippen molar-refractivity contribution in [2.45, 2.75) is 11.8 Å². The van der Waals surface area contributed by atoms with Gasteiger partial charge in [-0.15, -0.1) is 0 Å². The first-order chi connectivity index (χ1) is 9.83. The van der Waals surface area contributed by atoms with Gasteiger partial charge in [0.15, 0.2) is 5.75 Å². The largest absolute Gasteiger partial charge is 0.377 e. The molecule has 0 bridgehead atoms. The van der Waals surface area contributed by atoms with Crippen LogP contribution < -0.4 is 4.18 Å². The highest BCUT2D eigenvalue weighted by Crippen LogP contribution is 2.30. The molecule has 0 radical (unpaired) electrons. The van der Waals surface area contributed by atoms with Gasteiger partial charge in [-0.05, 0) is 42.8 Å². The summed E-state index contributed by atoms with van der Waals surface area (Å²) in [5.41, 5.74) is 0.813. The summed E-state index contributed by atoms with van der Waals surface area (Å²) in [7, 11) is -4.06. The zero-order valence-corrected chi connectivity index (χ0v) is 13.1. The van der Waals surface area contributed by atoms with Crippen molar-refractivity contribution in [2.75, 3.05) is 0 Å². The van der Waals surface area contributed by atoms with Crippen LogP contribution in [0.1, 0.15) is 11.1 Å². The number of rotatable bonds is 3. The third-order valence-electron chi connectivity index (χ3n) is 2.68. The van der Waals surface area contributed by atoms with Gasteiger partial charge in [-0.25, -0.2) is 0 Å². The number of hydrogen-bond donors (Lipinski definition) is 0. The Morgan fingerprint density at radius 3 is 2.48 bits per heavy atom. The van der Waals surface area contributed by atoms with E-state index < -0.39 is 10.1 Å². The van der Waals surface area contributed by atoms with Gasteiger partial charge >= 0.3 is 10.1 Å². The van der Waals surface area contributed by atoms with E-state index in [9.17, 15) is 8.42 Å². The number of halogens is 2. The van der Waals surface area contributed by atoms with Crippen molar-refractivity contribution in [1.29, 1.82) is 5.26 Å². The maximum absolute atomic E-state index is 12.3. The second-order valence-electron chi connectivity index (χ2n) is 4.20. The number of hydrogen-bond acceptors (Lipinski definition) is 4. The summed E-state index contributed by atoms with van der Waals surface area (Å²) in [6, 6.07) is 10.5. The molecule has 4 nitrogen and oxygen atoms in total. The van der Waals surface area contributed by atoms with Gasteiger partial charge in [0, 0.05) is 5.02 Å². The molecule has 108 valence electrons. The summed E-state index contributed by atoms with van der Waals surface area (Å²) in [5, 5.41) is 9.07. The van der Waals surface area contributed by atoms with Crippen LogP contribution >= 0.6 is 23.2 Å². The Bertz CT molecular complexity index is 842. The minimum Gasteiger partial charge on any atom is -0.377 e. The van der Waals surface area contributed by atoms with Crippen molar-refractivity contribution in [3.63, 3.8) is 0 Å².